The van der Waals surface area contributed by atoms with E-state index >= 15 is 0 Å². The number of rotatable bonds is 2. The monoisotopic (exact) mass is 260 g/mol. The van der Waals surface area contributed by atoms with Crippen LogP contribution in [0.5, 0.6) is 11.5 Å². The average molecular weight is 260 g/mol. The summed E-state index contributed by atoms with van der Waals surface area (Å²) in [6.45, 7) is 1.04. The standard InChI is InChI=1S/C13H12N2O4/c14-12-8(13(16)17)6-9(15-12)7-1-2-10-11(5-7)19-4-3-18-10/h1-2,5-6,15H,3-4,14H2,(H,16,17). The summed E-state index contributed by atoms with van der Waals surface area (Å²) in [5, 5.41) is 8.97. The first-order valence-electron chi connectivity index (χ1n) is 5.77. The summed E-state index contributed by atoms with van der Waals surface area (Å²) in [5.74, 6) is 0.414. The molecular formula is C13H12N2O4. The summed E-state index contributed by atoms with van der Waals surface area (Å²) in [6, 6.07) is 6.92. The molecule has 2 aromatic rings. The summed E-state index contributed by atoms with van der Waals surface area (Å²) in [5.41, 5.74) is 7.11. The zero-order chi connectivity index (χ0) is 13.4. The summed E-state index contributed by atoms with van der Waals surface area (Å²) in [6.07, 6.45) is 0. The fourth-order valence-corrected chi connectivity index (χ4v) is 2.01. The number of carboxylic acids is 1. The van der Waals surface area contributed by atoms with Crippen LogP contribution in [0.1, 0.15) is 10.4 Å². The molecule has 2 heterocycles. The van der Waals surface area contributed by atoms with Crippen LogP contribution in [0.4, 0.5) is 5.82 Å². The molecule has 0 saturated heterocycles. The van der Waals surface area contributed by atoms with Gasteiger partial charge in [-0.3, -0.25) is 0 Å². The topological polar surface area (TPSA) is 97.6 Å². The molecule has 6 nitrogen and oxygen atoms in total. The van der Waals surface area contributed by atoms with Gasteiger partial charge in [0.15, 0.2) is 11.5 Å². The Balaban J connectivity index is 2.02. The highest BCUT2D eigenvalue weighted by Gasteiger charge is 2.16. The minimum absolute atomic E-state index is 0.0601. The van der Waals surface area contributed by atoms with Crippen LogP contribution in [0.3, 0.4) is 0 Å². The van der Waals surface area contributed by atoms with Crippen molar-refractivity contribution in [3.8, 4) is 22.8 Å². The maximum Gasteiger partial charge on any atom is 0.339 e. The van der Waals surface area contributed by atoms with Crippen molar-refractivity contribution < 1.29 is 19.4 Å². The molecular weight excluding hydrogens is 248 g/mol. The van der Waals surface area contributed by atoms with Crippen LogP contribution in [-0.4, -0.2) is 29.3 Å². The molecule has 1 aromatic carbocycles. The summed E-state index contributed by atoms with van der Waals surface area (Å²) in [4.78, 5) is 13.8. The number of aromatic nitrogens is 1. The largest absolute Gasteiger partial charge is 0.486 e. The third kappa shape index (κ3) is 1.97. The van der Waals surface area contributed by atoms with Crippen molar-refractivity contribution in [3.63, 3.8) is 0 Å². The number of benzene rings is 1. The van der Waals surface area contributed by atoms with Crippen molar-refractivity contribution in [2.24, 2.45) is 0 Å². The number of fused-ring (bicyclic) bond motifs is 1. The fraction of sp³-hybridized carbons (Fsp3) is 0.154. The summed E-state index contributed by atoms with van der Waals surface area (Å²) in [7, 11) is 0. The Kier molecular flexibility index (Phi) is 2.56. The molecule has 19 heavy (non-hydrogen) atoms. The van der Waals surface area contributed by atoms with Crippen LogP contribution >= 0.6 is 0 Å². The van der Waals surface area contributed by atoms with Gasteiger partial charge in [-0.05, 0) is 24.3 Å². The molecule has 0 radical (unpaired) electrons. The zero-order valence-electron chi connectivity index (χ0n) is 9.97. The van der Waals surface area contributed by atoms with Crippen LogP contribution in [0, 0.1) is 0 Å². The van der Waals surface area contributed by atoms with Gasteiger partial charge in [-0.2, -0.15) is 0 Å². The predicted octanol–water partition coefficient (Wildman–Crippen LogP) is 1.73. The van der Waals surface area contributed by atoms with E-state index in [9.17, 15) is 4.79 Å². The van der Waals surface area contributed by atoms with E-state index in [0.717, 1.165) is 5.56 Å². The van der Waals surface area contributed by atoms with E-state index in [1.54, 1.807) is 12.1 Å². The Hall–Kier alpha value is -2.63. The SMILES string of the molecule is Nc1[nH]c(-c2ccc3c(c2)OCCO3)cc1C(=O)O. The van der Waals surface area contributed by atoms with Gasteiger partial charge in [-0.15, -0.1) is 0 Å². The molecule has 0 aliphatic carbocycles. The molecule has 1 aromatic heterocycles. The van der Waals surface area contributed by atoms with Crippen molar-refractivity contribution in [2.75, 3.05) is 18.9 Å². The molecule has 0 unspecified atom stereocenters. The van der Waals surface area contributed by atoms with Gasteiger partial charge in [0.1, 0.15) is 24.6 Å². The van der Waals surface area contributed by atoms with Crippen LogP contribution in [0.25, 0.3) is 11.3 Å². The number of aromatic amines is 1. The molecule has 6 heteroatoms. The molecule has 0 fully saturated rings. The van der Waals surface area contributed by atoms with Gasteiger partial charge in [-0.1, -0.05) is 0 Å². The van der Waals surface area contributed by atoms with Crippen molar-refractivity contribution in [2.45, 2.75) is 0 Å². The van der Waals surface area contributed by atoms with E-state index in [1.165, 1.54) is 6.07 Å². The smallest absolute Gasteiger partial charge is 0.339 e. The number of anilines is 1. The molecule has 0 saturated carbocycles. The summed E-state index contributed by atoms with van der Waals surface area (Å²) < 4.78 is 10.9. The first kappa shape index (κ1) is 11.5. The van der Waals surface area contributed by atoms with Crippen LogP contribution < -0.4 is 15.2 Å². The molecule has 0 atom stereocenters. The molecule has 4 N–H and O–H groups in total. The second-order valence-corrected chi connectivity index (χ2v) is 4.17. The third-order valence-corrected chi connectivity index (χ3v) is 2.93. The highest BCUT2D eigenvalue weighted by molar-refractivity contribution is 5.95. The van der Waals surface area contributed by atoms with Crippen molar-refractivity contribution in [3.05, 3.63) is 29.8 Å². The molecule has 0 spiro atoms. The van der Waals surface area contributed by atoms with Crippen molar-refractivity contribution in [1.82, 2.24) is 4.98 Å². The van der Waals surface area contributed by atoms with Gasteiger partial charge < -0.3 is 25.3 Å². The number of nitrogen functional groups attached to an aromatic ring is 1. The third-order valence-electron chi connectivity index (χ3n) is 2.93. The van der Waals surface area contributed by atoms with Crippen LogP contribution in [0.15, 0.2) is 24.3 Å². The van der Waals surface area contributed by atoms with Gasteiger partial charge in [0.05, 0.1) is 0 Å². The number of H-pyrrole nitrogens is 1. The number of aromatic carboxylic acids is 1. The van der Waals surface area contributed by atoms with Gasteiger partial charge in [0, 0.05) is 11.3 Å². The minimum Gasteiger partial charge on any atom is -0.486 e. The Labute approximate surface area is 108 Å². The van der Waals surface area contributed by atoms with E-state index in [0.29, 0.717) is 30.4 Å². The van der Waals surface area contributed by atoms with E-state index < -0.39 is 5.97 Å². The maximum atomic E-state index is 11.0. The second kappa shape index (κ2) is 4.24. The van der Waals surface area contributed by atoms with E-state index in [2.05, 4.69) is 4.98 Å². The zero-order valence-corrected chi connectivity index (χ0v) is 9.97. The number of nitrogens with two attached hydrogens (primary N) is 1. The van der Waals surface area contributed by atoms with Crippen molar-refractivity contribution in [1.29, 1.82) is 0 Å². The molecule has 0 bridgehead atoms. The normalized spacial score (nSPS) is 13.3. The number of carbonyl (C=O) groups is 1. The van der Waals surface area contributed by atoms with E-state index in [4.69, 9.17) is 20.3 Å². The Bertz CT molecular complexity index is 648. The fourth-order valence-electron chi connectivity index (χ4n) is 2.01. The lowest BCUT2D eigenvalue weighted by molar-refractivity contribution is 0.0698. The first-order chi connectivity index (χ1) is 9.15. The Morgan fingerprint density at radius 2 is 1.95 bits per heavy atom. The maximum absolute atomic E-state index is 11.0. The van der Waals surface area contributed by atoms with Gasteiger partial charge >= 0.3 is 5.97 Å². The Morgan fingerprint density at radius 1 is 1.21 bits per heavy atom. The lowest BCUT2D eigenvalue weighted by atomic mass is 10.1. The number of hydrogen-bond donors (Lipinski definition) is 3. The Morgan fingerprint density at radius 3 is 2.63 bits per heavy atom. The van der Waals surface area contributed by atoms with Gasteiger partial charge in [0.25, 0.3) is 0 Å². The van der Waals surface area contributed by atoms with Gasteiger partial charge in [-0.25, -0.2) is 4.79 Å². The first-order valence-corrected chi connectivity index (χ1v) is 5.77. The number of hydrogen-bond acceptors (Lipinski definition) is 4. The quantitative estimate of drug-likeness (QED) is 0.764. The van der Waals surface area contributed by atoms with Crippen molar-refractivity contribution >= 4 is 11.8 Å². The highest BCUT2D eigenvalue weighted by Crippen LogP contribution is 2.34. The van der Waals surface area contributed by atoms with Gasteiger partial charge in [0.2, 0.25) is 0 Å². The lowest BCUT2D eigenvalue weighted by Gasteiger charge is -2.18. The number of carboxylic acid groups (broad SMARTS) is 1. The molecule has 0 amide bonds. The lowest BCUT2D eigenvalue weighted by Crippen LogP contribution is -2.15. The molecule has 3 rings (SSSR count). The second-order valence-electron chi connectivity index (χ2n) is 4.17. The molecule has 1 aliphatic heterocycles. The van der Waals surface area contributed by atoms with E-state index in [1.807, 2.05) is 6.07 Å². The average Bonchev–Trinajstić information content (AvgIpc) is 2.80. The number of nitrogens with one attached hydrogen (secondary N) is 1. The van der Waals surface area contributed by atoms with E-state index in [-0.39, 0.29) is 11.4 Å². The predicted molar refractivity (Wildman–Crippen MR) is 68.6 cm³/mol. The number of ether oxygens (including phenoxy) is 2. The highest BCUT2D eigenvalue weighted by atomic mass is 16.6. The van der Waals surface area contributed by atoms with Crippen LogP contribution in [0.2, 0.25) is 0 Å². The molecule has 1 aliphatic rings. The summed E-state index contributed by atoms with van der Waals surface area (Å²) >= 11 is 0. The molecule has 98 valence electrons. The van der Waals surface area contributed by atoms with Crippen LogP contribution in [-0.2, 0) is 0 Å². The minimum atomic E-state index is -1.06.